The second-order valence-electron chi connectivity index (χ2n) is 3.82. The Morgan fingerprint density at radius 1 is 1.71 bits per heavy atom. The summed E-state index contributed by atoms with van der Waals surface area (Å²) in [6.07, 6.45) is 0. The third-order valence-corrected chi connectivity index (χ3v) is 2.17. The lowest BCUT2D eigenvalue weighted by atomic mass is 10.1. The lowest BCUT2D eigenvalue weighted by Crippen LogP contribution is -2.57. The van der Waals surface area contributed by atoms with Gasteiger partial charge in [0.25, 0.3) is 0 Å². The van der Waals surface area contributed by atoms with Crippen LogP contribution in [0.15, 0.2) is 0 Å². The number of aliphatic hydroxyl groups is 1. The van der Waals surface area contributed by atoms with E-state index in [9.17, 15) is 9.59 Å². The maximum Gasteiger partial charge on any atom is 0.239 e. The zero-order valence-corrected chi connectivity index (χ0v) is 8.49. The van der Waals surface area contributed by atoms with E-state index in [4.69, 9.17) is 5.11 Å². The van der Waals surface area contributed by atoms with Crippen molar-refractivity contribution in [2.75, 3.05) is 19.7 Å². The van der Waals surface area contributed by atoms with Crippen LogP contribution in [0.1, 0.15) is 13.8 Å². The van der Waals surface area contributed by atoms with Crippen LogP contribution < -0.4 is 5.32 Å². The van der Waals surface area contributed by atoms with Crippen molar-refractivity contribution in [2.45, 2.75) is 19.9 Å². The van der Waals surface area contributed by atoms with Gasteiger partial charge >= 0.3 is 0 Å². The minimum absolute atomic E-state index is 0.0432. The van der Waals surface area contributed by atoms with Crippen LogP contribution in [0.5, 0.6) is 0 Å². The van der Waals surface area contributed by atoms with Gasteiger partial charge in [0.2, 0.25) is 11.8 Å². The summed E-state index contributed by atoms with van der Waals surface area (Å²) in [5.41, 5.74) is 0. The lowest BCUT2D eigenvalue weighted by molar-refractivity contribution is -0.142. The van der Waals surface area contributed by atoms with Crippen molar-refractivity contribution in [3.63, 3.8) is 0 Å². The number of aliphatic hydroxyl groups excluding tert-OH is 1. The number of nitrogens with one attached hydrogen (secondary N) is 1. The van der Waals surface area contributed by atoms with Gasteiger partial charge in [-0.15, -0.1) is 0 Å². The summed E-state index contributed by atoms with van der Waals surface area (Å²) in [7, 11) is 0. The molecule has 1 fully saturated rings. The second-order valence-corrected chi connectivity index (χ2v) is 3.82. The van der Waals surface area contributed by atoms with Crippen LogP contribution in [-0.4, -0.2) is 47.6 Å². The van der Waals surface area contributed by atoms with Crippen molar-refractivity contribution in [2.24, 2.45) is 5.92 Å². The number of carbonyl (C=O) groups excluding carboxylic acids is 2. The minimum atomic E-state index is -0.320. The predicted octanol–water partition coefficient (Wildman–Crippen LogP) is -1.04. The van der Waals surface area contributed by atoms with E-state index < -0.39 is 0 Å². The van der Waals surface area contributed by atoms with Crippen molar-refractivity contribution in [1.82, 2.24) is 10.2 Å². The molecule has 0 aliphatic carbocycles. The van der Waals surface area contributed by atoms with Crippen molar-refractivity contribution < 1.29 is 14.7 Å². The van der Waals surface area contributed by atoms with E-state index in [2.05, 4.69) is 5.32 Å². The normalized spacial score (nSPS) is 22.4. The average Bonchev–Trinajstić information content (AvgIpc) is 2.15. The van der Waals surface area contributed by atoms with Crippen LogP contribution in [0.4, 0.5) is 0 Å². The molecular formula is C9H16N2O3. The van der Waals surface area contributed by atoms with E-state index >= 15 is 0 Å². The predicted molar refractivity (Wildman–Crippen MR) is 50.4 cm³/mol. The second kappa shape index (κ2) is 4.41. The maximum absolute atomic E-state index is 11.6. The highest BCUT2D eigenvalue weighted by Crippen LogP contribution is 2.05. The molecule has 0 aromatic carbocycles. The standard InChI is InChI=1S/C9H16N2O3/c1-6(2)9(14)11-3-7(5-12)10-8(13)4-11/h6-7,12H,3-5H2,1-2H3,(H,10,13). The van der Waals surface area contributed by atoms with Gasteiger partial charge < -0.3 is 15.3 Å². The SMILES string of the molecule is CC(C)C(=O)N1CC(=O)NC(CO)C1. The Hall–Kier alpha value is -1.10. The molecule has 0 radical (unpaired) electrons. The summed E-state index contributed by atoms with van der Waals surface area (Å²) in [6.45, 7) is 3.96. The van der Waals surface area contributed by atoms with Gasteiger partial charge in [-0.2, -0.15) is 0 Å². The molecule has 80 valence electrons. The van der Waals surface area contributed by atoms with E-state index in [0.29, 0.717) is 6.54 Å². The number of carbonyl (C=O) groups is 2. The lowest BCUT2D eigenvalue weighted by Gasteiger charge is -2.33. The topological polar surface area (TPSA) is 69.6 Å². The molecule has 5 nitrogen and oxygen atoms in total. The van der Waals surface area contributed by atoms with E-state index in [1.54, 1.807) is 13.8 Å². The monoisotopic (exact) mass is 200 g/mol. The number of hydrogen-bond acceptors (Lipinski definition) is 3. The van der Waals surface area contributed by atoms with E-state index in [1.807, 2.05) is 0 Å². The summed E-state index contributed by atoms with van der Waals surface area (Å²) >= 11 is 0. The van der Waals surface area contributed by atoms with Gasteiger partial charge in [0.1, 0.15) is 0 Å². The van der Waals surface area contributed by atoms with Gasteiger partial charge in [-0.25, -0.2) is 0 Å². The first-order valence-corrected chi connectivity index (χ1v) is 4.73. The Morgan fingerprint density at radius 3 is 2.86 bits per heavy atom. The Bertz CT molecular complexity index is 240. The minimum Gasteiger partial charge on any atom is -0.394 e. The summed E-state index contributed by atoms with van der Waals surface area (Å²) in [6, 6.07) is -0.320. The number of hydrogen-bond donors (Lipinski definition) is 2. The molecule has 0 saturated carbocycles. The van der Waals surface area contributed by atoms with Gasteiger partial charge in [0.05, 0.1) is 19.2 Å². The van der Waals surface area contributed by atoms with Crippen LogP contribution in [-0.2, 0) is 9.59 Å². The molecule has 0 aromatic rings. The third kappa shape index (κ3) is 2.45. The molecule has 5 heteroatoms. The molecule has 1 unspecified atom stereocenters. The molecule has 1 aliphatic rings. The highest BCUT2D eigenvalue weighted by molar-refractivity contribution is 5.87. The molecule has 1 rings (SSSR count). The Kier molecular flexibility index (Phi) is 3.46. The van der Waals surface area contributed by atoms with Crippen LogP contribution in [0.2, 0.25) is 0 Å². The smallest absolute Gasteiger partial charge is 0.239 e. The average molecular weight is 200 g/mol. The summed E-state index contributed by atoms with van der Waals surface area (Å²) in [5.74, 6) is -0.358. The fraction of sp³-hybridized carbons (Fsp3) is 0.778. The molecule has 2 amide bonds. The largest absolute Gasteiger partial charge is 0.394 e. The quantitative estimate of drug-likeness (QED) is 0.598. The highest BCUT2D eigenvalue weighted by atomic mass is 16.3. The number of rotatable bonds is 2. The molecule has 14 heavy (non-hydrogen) atoms. The zero-order chi connectivity index (χ0) is 10.7. The molecule has 1 atom stereocenters. The molecule has 0 bridgehead atoms. The molecular weight excluding hydrogens is 184 g/mol. The molecule has 0 aromatic heterocycles. The fourth-order valence-electron chi connectivity index (χ4n) is 1.46. The number of nitrogens with zero attached hydrogens (tertiary/aromatic N) is 1. The van der Waals surface area contributed by atoms with E-state index in [0.717, 1.165) is 0 Å². The van der Waals surface area contributed by atoms with Crippen LogP contribution >= 0.6 is 0 Å². The van der Waals surface area contributed by atoms with Gasteiger partial charge in [-0.05, 0) is 0 Å². The summed E-state index contributed by atoms with van der Waals surface area (Å²) < 4.78 is 0. The van der Waals surface area contributed by atoms with Crippen LogP contribution in [0.3, 0.4) is 0 Å². The van der Waals surface area contributed by atoms with Crippen LogP contribution in [0.25, 0.3) is 0 Å². The van der Waals surface area contributed by atoms with Gasteiger partial charge in [-0.1, -0.05) is 13.8 Å². The van der Waals surface area contributed by atoms with E-state index in [-0.39, 0.29) is 36.9 Å². The first-order chi connectivity index (χ1) is 6.54. The third-order valence-electron chi connectivity index (χ3n) is 2.17. The molecule has 0 spiro atoms. The molecule has 2 N–H and O–H groups in total. The number of piperazine rings is 1. The van der Waals surface area contributed by atoms with Gasteiger partial charge in [0.15, 0.2) is 0 Å². The van der Waals surface area contributed by atoms with Gasteiger partial charge in [0, 0.05) is 12.5 Å². The fourth-order valence-corrected chi connectivity index (χ4v) is 1.46. The Labute approximate surface area is 83.1 Å². The van der Waals surface area contributed by atoms with Crippen molar-refractivity contribution in [1.29, 1.82) is 0 Å². The van der Waals surface area contributed by atoms with E-state index in [1.165, 1.54) is 4.90 Å². The van der Waals surface area contributed by atoms with Crippen molar-refractivity contribution >= 4 is 11.8 Å². The van der Waals surface area contributed by atoms with Crippen LogP contribution in [0, 0.1) is 5.92 Å². The van der Waals surface area contributed by atoms with Crippen molar-refractivity contribution in [3.05, 3.63) is 0 Å². The first-order valence-electron chi connectivity index (χ1n) is 4.73. The molecule has 1 heterocycles. The summed E-state index contributed by atoms with van der Waals surface area (Å²) in [4.78, 5) is 24.2. The van der Waals surface area contributed by atoms with Gasteiger partial charge in [-0.3, -0.25) is 9.59 Å². The number of amides is 2. The molecule has 1 saturated heterocycles. The Balaban J connectivity index is 2.61. The molecule has 1 aliphatic heterocycles. The maximum atomic E-state index is 11.6. The zero-order valence-electron chi connectivity index (χ0n) is 8.49. The highest BCUT2D eigenvalue weighted by Gasteiger charge is 2.28. The van der Waals surface area contributed by atoms with Crippen molar-refractivity contribution in [3.8, 4) is 0 Å². The Morgan fingerprint density at radius 2 is 2.36 bits per heavy atom. The first kappa shape index (κ1) is 11.0. The summed E-state index contributed by atoms with van der Waals surface area (Å²) in [5, 5.41) is 11.5.